The first-order chi connectivity index (χ1) is 12.2. The number of ether oxygens (including phenoxy) is 2. The third-order valence-electron chi connectivity index (χ3n) is 4.83. The molecule has 0 aliphatic heterocycles. The second-order valence-electron chi connectivity index (χ2n) is 9.16. The van der Waals surface area contributed by atoms with Crippen LogP contribution in [0.1, 0.15) is 41.5 Å². The molecular weight excluding hydrogens is 378 g/mol. The molecule has 0 aliphatic carbocycles. The van der Waals surface area contributed by atoms with Gasteiger partial charge in [0.15, 0.2) is 8.32 Å². The molecule has 0 aromatic rings. The summed E-state index contributed by atoms with van der Waals surface area (Å²) >= 11 is 0. The van der Waals surface area contributed by atoms with Gasteiger partial charge in [-0.3, -0.25) is 0 Å². The minimum absolute atomic E-state index is 0.0844. The van der Waals surface area contributed by atoms with Gasteiger partial charge in [0.2, 0.25) is 0 Å². The Morgan fingerprint density at radius 3 is 2.07 bits per heavy atom. The van der Waals surface area contributed by atoms with Crippen molar-refractivity contribution in [3.05, 3.63) is 25.3 Å². The number of hydrogen-bond acceptors (Lipinski definition) is 4. The lowest BCUT2D eigenvalue weighted by Gasteiger charge is -2.41. The lowest BCUT2D eigenvalue weighted by molar-refractivity contribution is -0.0778. The highest BCUT2D eigenvalue weighted by atomic mass is 32.2. The van der Waals surface area contributed by atoms with E-state index in [4.69, 9.17) is 13.9 Å². The minimum Gasteiger partial charge on any atom is -0.415 e. The van der Waals surface area contributed by atoms with Crippen molar-refractivity contribution in [2.45, 2.75) is 76.6 Å². The van der Waals surface area contributed by atoms with Gasteiger partial charge in [0, 0.05) is 13.7 Å². The molecule has 160 valence electrons. The highest BCUT2D eigenvalue weighted by molar-refractivity contribution is 7.84. The topological polar surface area (TPSA) is 48.0 Å². The van der Waals surface area contributed by atoms with Gasteiger partial charge in [0.25, 0.3) is 0 Å². The fraction of sp³-hybridized carbons (Fsp3) is 0.800. The van der Waals surface area contributed by atoms with Crippen LogP contribution in [-0.2, 0) is 24.9 Å². The van der Waals surface area contributed by atoms with Crippen LogP contribution in [0, 0.1) is 0 Å². The van der Waals surface area contributed by atoms with Gasteiger partial charge in [0.1, 0.15) is 17.8 Å². The summed E-state index contributed by atoms with van der Waals surface area (Å²) in [6.45, 7) is 25.7. The molecule has 0 rings (SSSR count). The van der Waals surface area contributed by atoms with E-state index < -0.39 is 24.1 Å². The van der Waals surface area contributed by atoms with E-state index in [2.05, 4.69) is 47.0 Å². The first kappa shape index (κ1) is 26.7. The van der Waals surface area contributed by atoms with E-state index in [0.717, 1.165) is 0 Å². The van der Waals surface area contributed by atoms with Crippen molar-refractivity contribution in [1.82, 2.24) is 4.31 Å². The van der Waals surface area contributed by atoms with Crippen LogP contribution in [0.2, 0.25) is 18.1 Å². The number of rotatable bonds is 12. The molecule has 0 heterocycles. The summed E-state index contributed by atoms with van der Waals surface area (Å²) in [5.74, 6) is 0. The predicted molar refractivity (Wildman–Crippen MR) is 119 cm³/mol. The molecule has 1 unspecified atom stereocenters. The molecule has 0 spiro atoms. The Bertz CT molecular complexity index is 497. The smallest absolute Gasteiger partial charge is 0.192 e. The zero-order valence-electron chi connectivity index (χ0n) is 18.8. The van der Waals surface area contributed by atoms with Gasteiger partial charge >= 0.3 is 0 Å². The van der Waals surface area contributed by atoms with E-state index >= 15 is 0 Å². The summed E-state index contributed by atoms with van der Waals surface area (Å²) in [4.78, 5) is 0. The number of methoxy groups -OCH3 is 1. The molecule has 0 N–H and O–H groups in total. The molecule has 27 heavy (non-hydrogen) atoms. The molecule has 0 aliphatic rings. The standard InChI is InChI=1S/C20H41NO4SSi/c1-12-14-21(26(22)19(3,4)5)17(18(13-2)24-16-23-9)15-25-27(10,11)20(6,7)8/h12-13,17-18H,1-2,14-16H2,3-11H3/t17-,18+,26?/m0/s1. The zero-order chi connectivity index (χ0) is 21.5. The van der Waals surface area contributed by atoms with Crippen LogP contribution in [0.25, 0.3) is 0 Å². The van der Waals surface area contributed by atoms with Crippen molar-refractivity contribution in [2.24, 2.45) is 0 Å². The Hall–Kier alpha value is -0.313. The molecule has 0 aromatic heterocycles. The first-order valence-electron chi connectivity index (χ1n) is 9.39. The molecule has 3 atom stereocenters. The van der Waals surface area contributed by atoms with Crippen LogP contribution in [0.5, 0.6) is 0 Å². The first-order valence-corrected chi connectivity index (χ1v) is 13.4. The van der Waals surface area contributed by atoms with E-state index in [1.165, 1.54) is 0 Å². The average molecular weight is 420 g/mol. The number of hydrogen-bond donors (Lipinski definition) is 0. The van der Waals surface area contributed by atoms with E-state index in [1.807, 2.05) is 25.1 Å². The molecule has 5 nitrogen and oxygen atoms in total. The second kappa shape index (κ2) is 11.0. The van der Waals surface area contributed by atoms with E-state index in [1.54, 1.807) is 19.3 Å². The maximum atomic E-state index is 13.2. The molecule has 0 aromatic carbocycles. The van der Waals surface area contributed by atoms with E-state index in [0.29, 0.717) is 13.2 Å². The average Bonchev–Trinajstić information content (AvgIpc) is 2.53. The van der Waals surface area contributed by atoms with Gasteiger partial charge in [-0.15, -0.1) is 13.2 Å². The third-order valence-corrected chi connectivity index (χ3v) is 11.2. The van der Waals surface area contributed by atoms with Gasteiger partial charge in [-0.2, -0.15) is 0 Å². The summed E-state index contributed by atoms with van der Waals surface area (Å²) in [5, 5.41) is 0.0844. The predicted octanol–water partition coefficient (Wildman–Crippen LogP) is 4.50. The summed E-state index contributed by atoms with van der Waals surface area (Å²) in [6, 6.07) is -0.259. The van der Waals surface area contributed by atoms with Crippen LogP contribution < -0.4 is 0 Å². The van der Waals surface area contributed by atoms with Crippen molar-refractivity contribution in [3.8, 4) is 0 Å². The maximum absolute atomic E-state index is 13.2. The lowest BCUT2D eigenvalue weighted by atomic mass is 10.1. The van der Waals surface area contributed by atoms with Gasteiger partial charge in [-0.05, 0) is 38.9 Å². The van der Waals surface area contributed by atoms with Crippen LogP contribution in [-0.4, -0.2) is 60.8 Å². The highest BCUT2D eigenvalue weighted by Gasteiger charge is 2.40. The Morgan fingerprint density at radius 1 is 1.15 bits per heavy atom. The fourth-order valence-electron chi connectivity index (χ4n) is 2.14. The van der Waals surface area contributed by atoms with Crippen molar-refractivity contribution in [1.29, 1.82) is 0 Å². The quantitative estimate of drug-likeness (QED) is 0.265. The summed E-state index contributed by atoms with van der Waals surface area (Å²) in [7, 11) is -1.65. The van der Waals surface area contributed by atoms with Crippen molar-refractivity contribution in [2.75, 3.05) is 27.1 Å². The van der Waals surface area contributed by atoms with Crippen LogP contribution in [0.3, 0.4) is 0 Å². The van der Waals surface area contributed by atoms with E-state index in [9.17, 15) is 4.21 Å². The molecule has 0 amide bonds. The van der Waals surface area contributed by atoms with Gasteiger partial charge < -0.3 is 13.9 Å². The van der Waals surface area contributed by atoms with Crippen LogP contribution in [0.15, 0.2) is 25.3 Å². The SMILES string of the molecule is C=CCN([C@@H](CO[Si](C)(C)C(C)(C)C)[C@@H](C=C)OCOC)S(=O)C(C)(C)C. The molecule has 0 saturated heterocycles. The van der Waals surface area contributed by atoms with Crippen molar-refractivity contribution in [3.63, 3.8) is 0 Å². The van der Waals surface area contributed by atoms with Crippen LogP contribution >= 0.6 is 0 Å². The van der Waals surface area contributed by atoms with Gasteiger partial charge in [0.05, 0.1) is 23.5 Å². The highest BCUT2D eigenvalue weighted by Crippen LogP contribution is 2.37. The van der Waals surface area contributed by atoms with Crippen molar-refractivity contribution < 1.29 is 18.1 Å². The molecule has 0 fully saturated rings. The molecule has 0 radical (unpaired) electrons. The van der Waals surface area contributed by atoms with Gasteiger partial charge in [-0.1, -0.05) is 32.9 Å². The Kier molecular flexibility index (Phi) is 10.9. The Labute approximate surface area is 170 Å². The Balaban J connectivity index is 5.81. The maximum Gasteiger partial charge on any atom is 0.192 e. The Morgan fingerprint density at radius 2 is 1.70 bits per heavy atom. The fourth-order valence-corrected chi connectivity index (χ4v) is 4.53. The van der Waals surface area contributed by atoms with Gasteiger partial charge in [-0.25, -0.2) is 8.51 Å². The molecule has 0 saturated carbocycles. The summed E-state index contributed by atoms with van der Waals surface area (Å²) in [5.41, 5.74) is 0. The zero-order valence-corrected chi connectivity index (χ0v) is 20.6. The third kappa shape index (κ3) is 8.29. The molecule has 0 bridgehead atoms. The number of nitrogens with zero attached hydrogens (tertiary/aromatic N) is 1. The minimum atomic E-state index is -1.98. The van der Waals surface area contributed by atoms with Crippen LogP contribution in [0.4, 0.5) is 0 Å². The largest absolute Gasteiger partial charge is 0.415 e. The molecular formula is C20H41NO4SSi. The van der Waals surface area contributed by atoms with E-state index in [-0.39, 0.29) is 24.0 Å². The lowest BCUT2D eigenvalue weighted by Crippen LogP contribution is -2.54. The molecule has 7 heteroatoms. The van der Waals surface area contributed by atoms with Crippen molar-refractivity contribution >= 4 is 19.3 Å². The summed E-state index contributed by atoms with van der Waals surface area (Å²) in [6.07, 6.45) is 3.12. The normalized spacial score (nSPS) is 16.8. The second-order valence-corrected chi connectivity index (χ2v) is 16.2. The summed E-state index contributed by atoms with van der Waals surface area (Å²) < 4.78 is 32.1. The monoisotopic (exact) mass is 419 g/mol.